The van der Waals surface area contributed by atoms with Crippen LogP contribution in [0.25, 0.3) is 6.08 Å². The summed E-state index contributed by atoms with van der Waals surface area (Å²) >= 11 is 0. The van der Waals surface area contributed by atoms with Crippen molar-refractivity contribution in [2.24, 2.45) is 0 Å². The zero-order valence-corrected chi connectivity index (χ0v) is 13.3. The lowest BCUT2D eigenvalue weighted by molar-refractivity contribution is -0.125. The Kier molecular flexibility index (Phi) is 4.09. The fourth-order valence-electron chi connectivity index (χ4n) is 3.13. The number of ether oxygens (including phenoxy) is 1. The molecule has 2 aromatic rings. The first kappa shape index (κ1) is 15.8. The number of nitriles is 1. The highest BCUT2D eigenvalue weighted by molar-refractivity contribution is 5.85. The van der Waals surface area contributed by atoms with Gasteiger partial charge in [-0.2, -0.15) is 5.26 Å². The third-order valence-electron chi connectivity index (χ3n) is 4.29. The quantitative estimate of drug-likeness (QED) is 0.934. The molecule has 0 radical (unpaired) electrons. The van der Waals surface area contributed by atoms with Crippen molar-refractivity contribution in [1.29, 1.82) is 5.26 Å². The number of rotatable bonds is 4. The van der Waals surface area contributed by atoms with Gasteiger partial charge in [0.25, 0.3) is 0 Å². The molecule has 0 saturated carbocycles. The fourth-order valence-corrected chi connectivity index (χ4v) is 3.13. The number of phenols is 1. The van der Waals surface area contributed by atoms with Gasteiger partial charge < -0.3 is 9.84 Å². The van der Waals surface area contributed by atoms with Crippen LogP contribution in [0.15, 0.2) is 54.6 Å². The van der Waals surface area contributed by atoms with Gasteiger partial charge in [-0.3, -0.25) is 4.79 Å². The minimum Gasteiger partial charge on any atom is -0.508 e. The standard InChI is InChI=1S/C20H17NO3/c1-14(22)19(24-17-10-8-16(23)9-11-17)20(13-21)12-4-6-15-5-2-3-7-18(15)20/h2-11,19,23H,12H2,1H3. The van der Waals surface area contributed by atoms with E-state index in [0.29, 0.717) is 12.2 Å². The molecular formula is C20H17NO3. The fraction of sp³-hybridized carbons (Fsp3) is 0.200. The predicted octanol–water partition coefficient (Wildman–Crippen LogP) is 3.61. The highest BCUT2D eigenvalue weighted by atomic mass is 16.5. The second kappa shape index (κ2) is 6.21. The first-order chi connectivity index (χ1) is 11.6. The molecule has 2 aromatic carbocycles. The lowest BCUT2D eigenvalue weighted by Crippen LogP contribution is -2.47. The van der Waals surface area contributed by atoms with E-state index in [1.807, 2.05) is 36.4 Å². The number of phenolic OH excluding ortho intramolecular Hbond substituents is 1. The van der Waals surface area contributed by atoms with Crippen LogP contribution in [0, 0.1) is 11.3 Å². The van der Waals surface area contributed by atoms with Gasteiger partial charge in [0.2, 0.25) is 0 Å². The van der Waals surface area contributed by atoms with E-state index < -0.39 is 11.5 Å². The summed E-state index contributed by atoms with van der Waals surface area (Å²) in [5.74, 6) is 0.340. The number of fused-ring (bicyclic) bond motifs is 1. The van der Waals surface area contributed by atoms with Gasteiger partial charge >= 0.3 is 0 Å². The van der Waals surface area contributed by atoms with Crippen LogP contribution in [0.5, 0.6) is 11.5 Å². The number of benzene rings is 2. The van der Waals surface area contributed by atoms with Crippen LogP contribution in [-0.2, 0) is 10.2 Å². The number of carbonyl (C=O) groups excluding carboxylic acids is 1. The van der Waals surface area contributed by atoms with Crippen LogP contribution >= 0.6 is 0 Å². The minimum atomic E-state index is -1.07. The van der Waals surface area contributed by atoms with Crippen LogP contribution in [0.4, 0.5) is 0 Å². The van der Waals surface area contributed by atoms with Gasteiger partial charge in [-0.1, -0.05) is 36.4 Å². The normalized spacial score (nSPS) is 19.8. The molecule has 0 bridgehead atoms. The highest BCUT2D eigenvalue weighted by Gasteiger charge is 2.47. The van der Waals surface area contributed by atoms with Crippen molar-refractivity contribution in [1.82, 2.24) is 0 Å². The molecule has 0 aliphatic heterocycles. The zero-order valence-electron chi connectivity index (χ0n) is 13.3. The zero-order chi connectivity index (χ0) is 17.2. The first-order valence-electron chi connectivity index (χ1n) is 7.70. The summed E-state index contributed by atoms with van der Waals surface area (Å²) in [7, 11) is 0. The average molecular weight is 319 g/mol. The maximum atomic E-state index is 12.3. The van der Waals surface area contributed by atoms with E-state index in [0.717, 1.165) is 11.1 Å². The monoisotopic (exact) mass is 319 g/mol. The number of hydrogen-bond acceptors (Lipinski definition) is 4. The summed E-state index contributed by atoms with van der Waals surface area (Å²) in [5.41, 5.74) is 0.648. The Balaban J connectivity index is 2.06. The summed E-state index contributed by atoms with van der Waals surface area (Å²) in [6.45, 7) is 1.44. The van der Waals surface area contributed by atoms with E-state index >= 15 is 0 Å². The summed E-state index contributed by atoms with van der Waals surface area (Å²) in [6.07, 6.45) is 3.34. The molecule has 4 nitrogen and oxygen atoms in total. The second-order valence-corrected chi connectivity index (χ2v) is 5.88. The Morgan fingerprint density at radius 1 is 1.25 bits per heavy atom. The van der Waals surface area contributed by atoms with Crippen molar-refractivity contribution in [3.8, 4) is 17.6 Å². The highest BCUT2D eigenvalue weighted by Crippen LogP contribution is 2.40. The molecule has 0 heterocycles. The molecule has 24 heavy (non-hydrogen) atoms. The van der Waals surface area contributed by atoms with Gasteiger partial charge in [0.05, 0.1) is 6.07 Å². The van der Waals surface area contributed by atoms with Gasteiger partial charge in [0.1, 0.15) is 16.9 Å². The Bertz CT molecular complexity index is 833. The van der Waals surface area contributed by atoms with E-state index in [9.17, 15) is 15.2 Å². The average Bonchev–Trinajstić information content (AvgIpc) is 2.60. The Labute approximate surface area is 140 Å². The third kappa shape index (κ3) is 2.65. The molecule has 120 valence electrons. The van der Waals surface area contributed by atoms with Gasteiger partial charge in [-0.25, -0.2) is 0 Å². The van der Waals surface area contributed by atoms with Gasteiger partial charge in [0.15, 0.2) is 11.9 Å². The smallest absolute Gasteiger partial charge is 0.179 e. The number of Topliss-reactive ketones (excluding diaryl/α,β-unsaturated/α-hetero) is 1. The molecule has 1 aliphatic rings. The molecule has 0 fully saturated rings. The number of nitrogens with zero attached hydrogens (tertiary/aromatic N) is 1. The SMILES string of the molecule is CC(=O)C(Oc1ccc(O)cc1)C1(C#N)CC=Cc2ccccc21. The molecule has 2 atom stereocenters. The molecular weight excluding hydrogens is 302 g/mol. The van der Waals surface area contributed by atoms with Crippen molar-refractivity contribution < 1.29 is 14.6 Å². The summed E-state index contributed by atoms with van der Waals surface area (Å²) in [6, 6.07) is 16.0. The van der Waals surface area contributed by atoms with Crippen LogP contribution < -0.4 is 4.74 Å². The van der Waals surface area contributed by atoms with E-state index in [-0.39, 0.29) is 11.5 Å². The van der Waals surface area contributed by atoms with Crippen LogP contribution in [0.1, 0.15) is 24.5 Å². The van der Waals surface area contributed by atoms with E-state index in [1.54, 1.807) is 12.1 Å². The molecule has 0 saturated heterocycles. The van der Waals surface area contributed by atoms with E-state index in [2.05, 4.69) is 6.07 Å². The Morgan fingerprint density at radius 3 is 2.62 bits per heavy atom. The number of aromatic hydroxyl groups is 1. The molecule has 4 heteroatoms. The van der Waals surface area contributed by atoms with Crippen molar-refractivity contribution in [2.75, 3.05) is 0 Å². The van der Waals surface area contributed by atoms with Crippen molar-refractivity contribution in [2.45, 2.75) is 24.9 Å². The number of carbonyl (C=O) groups is 1. The van der Waals surface area contributed by atoms with E-state index in [4.69, 9.17) is 4.74 Å². The van der Waals surface area contributed by atoms with Gasteiger partial charge in [-0.15, -0.1) is 0 Å². The van der Waals surface area contributed by atoms with Crippen molar-refractivity contribution in [3.05, 3.63) is 65.7 Å². The van der Waals surface area contributed by atoms with Crippen LogP contribution in [-0.4, -0.2) is 17.0 Å². The summed E-state index contributed by atoms with van der Waals surface area (Å²) in [5, 5.41) is 19.4. The molecule has 2 unspecified atom stereocenters. The molecule has 1 aliphatic carbocycles. The largest absolute Gasteiger partial charge is 0.508 e. The number of allylic oxidation sites excluding steroid dienone is 1. The Hall–Kier alpha value is -3.06. The maximum absolute atomic E-state index is 12.3. The first-order valence-corrected chi connectivity index (χ1v) is 7.70. The predicted molar refractivity (Wildman–Crippen MR) is 90.6 cm³/mol. The summed E-state index contributed by atoms with van der Waals surface area (Å²) < 4.78 is 5.90. The molecule has 1 N–H and O–H groups in total. The van der Waals surface area contributed by atoms with E-state index in [1.165, 1.54) is 19.1 Å². The van der Waals surface area contributed by atoms with Crippen LogP contribution in [0.2, 0.25) is 0 Å². The van der Waals surface area contributed by atoms with Gasteiger partial charge in [0, 0.05) is 0 Å². The molecule has 0 spiro atoms. The molecule has 0 amide bonds. The van der Waals surface area contributed by atoms with Crippen molar-refractivity contribution >= 4 is 11.9 Å². The molecule has 3 rings (SSSR count). The van der Waals surface area contributed by atoms with Gasteiger partial charge in [-0.05, 0) is 48.7 Å². The van der Waals surface area contributed by atoms with Crippen molar-refractivity contribution in [3.63, 3.8) is 0 Å². The molecule has 0 aromatic heterocycles. The Morgan fingerprint density at radius 2 is 1.96 bits per heavy atom. The number of ketones is 1. The lowest BCUT2D eigenvalue weighted by atomic mass is 9.69. The number of hydrogen-bond donors (Lipinski definition) is 1. The summed E-state index contributed by atoms with van der Waals surface area (Å²) in [4.78, 5) is 12.3. The maximum Gasteiger partial charge on any atom is 0.179 e. The lowest BCUT2D eigenvalue weighted by Gasteiger charge is -2.36. The minimum absolute atomic E-state index is 0.114. The second-order valence-electron chi connectivity index (χ2n) is 5.88. The third-order valence-corrected chi connectivity index (χ3v) is 4.29. The topological polar surface area (TPSA) is 70.3 Å². The van der Waals surface area contributed by atoms with Crippen LogP contribution in [0.3, 0.4) is 0 Å².